The quantitative estimate of drug-likeness (QED) is 0.808. The summed E-state index contributed by atoms with van der Waals surface area (Å²) >= 11 is 3.47. The van der Waals surface area contributed by atoms with Gasteiger partial charge >= 0.3 is 0 Å². The van der Waals surface area contributed by atoms with Gasteiger partial charge in [-0.2, -0.15) is 0 Å². The summed E-state index contributed by atoms with van der Waals surface area (Å²) < 4.78 is 6.78. The Balaban J connectivity index is 2.29. The molecule has 0 aliphatic rings. The van der Waals surface area contributed by atoms with Gasteiger partial charge in [0.15, 0.2) is 0 Å². The molecule has 1 rings (SSSR count). The van der Waals surface area contributed by atoms with Gasteiger partial charge in [-0.05, 0) is 44.0 Å². The van der Waals surface area contributed by atoms with Crippen LogP contribution in [0.3, 0.4) is 0 Å². The molecular formula is C13H20BrNO. The van der Waals surface area contributed by atoms with Crippen LogP contribution in [0.4, 0.5) is 0 Å². The summed E-state index contributed by atoms with van der Waals surface area (Å²) in [6.07, 6.45) is 1.15. The van der Waals surface area contributed by atoms with Crippen molar-refractivity contribution in [1.82, 2.24) is 5.32 Å². The standard InChI is InChI=1S/C13H20BrNO/c1-4-11(3)15-7-8-16-12-5-6-13(14)10(2)9-12/h5-6,9,11,15H,4,7-8H2,1-3H3. The normalized spacial score (nSPS) is 12.5. The van der Waals surface area contributed by atoms with Crippen LogP contribution in [0.5, 0.6) is 5.75 Å². The Morgan fingerprint density at radius 1 is 1.44 bits per heavy atom. The highest BCUT2D eigenvalue weighted by atomic mass is 79.9. The number of aryl methyl sites for hydroxylation is 1. The molecule has 0 heterocycles. The molecule has 0 saturated heterocycles. The topological polar surface area (TPSA) is 21.3 Å². The molecule has 0 bridgehead atoms. The molecule has 1 unspecified atom stereocenters. The number of rotatable bonds is 6. The molecule has 0 saturated carbocycles. The van der Waals surface area contributed by atoms with Gasteiger partial charge in [0.05, 0.1) is 0 Å². The third-order valence-electron chi connectivity index (χ3n) is 2.61. The van der Waals surface area contributed by atoms with Gasteiger partial charge in [-0.3, -0.25) is 0 Å². The second kappa shape index (κ2) is 6.92. The maximum Gasteiger partial charge on any atom is 0.119 e. The average Bonchev–Trinajstić information content (AvgIpc) is 2.28. The largest absolute Gasteiger partial charge is 0.492 e. The number of benzene rings is 1. The van der Waals surface area contributed by atoms with E-state index in [1.54, 1.807) is 0 Å². The van der Waals surface area contributed by atoms with Crippen LogP contribution in [0.15, 0.2) is 22.7 Å². The molecular weight excluding hydrogens is 266 g/mol. The Morgan fingerprint density at radius 3 is 2.81 bits per heavy atom. The molecule has 0 aromatic heterocycles. The molecule has 3 heteroatoms. The van der Waals surface area contributed by atoms with Crippen molar-refractivity contribution in [3.05, 3.63) is 28.2 Å². The van der Waals surface area contributed by atoms with Crippen molar-refractivity contribution in [2.45, 2.75) is 33.2 Å². The molecule has 0 spiro atoms. The first kappa shape index (κ1) is 13.5. The van der Waals surface area contributed by atoms with Crippen molar-refractivity contribution in [1.29, 1.82) is 0 Å². The molecule has 90 valence electrons. The van der Waals surface area contributed by atoms with Crippen molar-refractivity contribution in [3.8, 4) is 5.75 Å². The molecule has 1 N–H and O–H groups in total. The number of halogens is 1. The van der Waals surface area contributed by atoms with E-state index in [4.69, 9.17) is 4.74 Å². The average molecular weight is 286 g/mol. The summed E-state index contributed by atoms with van der Waals surface area (Å²) in [5.41, 5.74) is 1.20. The maximum absolute atomic E-state index is 5.65. The molecule has 1 atom stereocenters. The predicted octanol–water partition coefficient (Wildman–Crippen LogP) is 3.52. The zero-order valence-corrected chi connectivity index (χ0v) is 11.8. The van der Waals surface area contributed by atoms with Gasteiger partial charge in [0, 0.05) is 17.1 Å². The molecule has 0 fully saturated rings. The molecule has 0 radical (unpaired) electrons. The lowest BCUT2D eigenvalue weighted by molar-refractivity contribution is 0.306. The van der Waals surface area contributed by atoms with Gasteiger partial charge in [0.1, 0.15) is 12.4 Å². The highest BCUT2D eigenvalue weighted by Crippen LogP contribution is 2.21. The van der Waals surface area contributed by atoms with Crippen LogP contribution < -0.4 is 10.1 Å². The molecule has 0 aliphatic carbocycles. The summed E-state index contributed by atoms with van der Waals surface area (Å²) in [6.45, 7) is 8.03. The van der Waals surface area contributed by atoms with Gasteiger partial charge in [-0.25, -0.2) is 0 Å². The fourth-order valence-electron chi connectivity index (χ4n) is 1.33. The lowest BCUT2D eigenvalue weighted by atomic mass is 10.2. The van der Waals surface area contributed by atoms with Gasteiger partial charge in [-0.15, -0.1) is 0 Å². The minimum atomic E-state index is 0.565. The Bertz CT molecular complexity index is 328. The van der Waals surface area contributed by atoms with E-state index in [9.17, 15) is 0 Å². The minimum Gasteiger partial charge on any atom is -0.492 e. The second-order valence-electron chi connectivity index (χ2n) is 4.02. The SMILES string of the molecule is CCC(C)NCCOc1ccc(Br)c(C)c1. The fraction of sp³-hybridized carbons (Fsp3) is 0.538. The number of hydrogen-bond donors (Lipinski definition) is 1. The van der Waals surface area contributed by atoms with Crippen molar-refractivity contribution in [2.24, 2.45) is 0 Å². The van der Waals surface area contributed by atoms with E-state index in [0.29, 0.717) is 12.6 Å². The smallest absolute Gasteiger partial charge is 0.119 e. The van der Waals surface area contributed by atoms with Crippen LogP contribution in [-0.2, 0) is 0 Å². The summed E-state index contributed by atoms with van der Waals surface area (Å²) in [5, 5.41) is 3.39. The van der Waals surface area contributed by atoms with Gasteiger partial charge in [0.2, 0.25) is 0 Å². The van der Waals surface area contributed by atoms with E-state index in [-0.39, 0.29) is 0 Å². The first-order valence-corrected chi connectivity index (χ1v) is 6.55. The van der Waals surface area contributed by atoms with E-state index in [0.717, 1.165) is 23.2 Å². The summed E-state index contributed by atoms with van der Waals surface area (Å²) in [6, 6.07) is 6.62. The van der Waals surface area contributed by atoms with Crippen LogP contribution in [-0.4, -0.2) is 19.2 Å². The Morgan fingerprint density at radius 2 is 2.19 bits per heavy atom. The van der Waals surface area contributed by atoms with Crippen molar-refractivity contribution >= 4 is 15.9 Å². The third-order valence-corrected chi connectivity index (χ3v) is 3.50. The Labute approximate surface area is 107 Å². The molecule has 0 amide bonds. The lowest BCUT2D eigenvalue weighted by Crippen LogP contribution is -2.29. The van der Waals surface area contributed by atoms with Crippen molar-refractivity contribution < 1.29 is 4.74 Å². The van der Waals surface area contributed by atoms with Crippen LogP contribution in [0.25, 0.3) is 0 Å². The first-order valence-electron chi connectivity index (χ1n) is 5.75. The summed E-state index contributed by atoms with van der Waals surface area (Å²) in [7, 11) is 0. The highest BCUT2D eigenvalue weighted by molar-refractivity contribution is 9.10. The highest BCUT2D eigenvalue weighted by Gasteiger charge is 1.99. The van der Waals surface area contributed by atoms with Crippen molar-refractivity contribution in [2.75, 3.05) is 13.2 Å². The first-order chi connectivity index (χ1) is 7.63. The maximum atomic E-state index is 5.65. The van der Waals surface area contributed by atoms with Gasteiger partial charge < -0.3 is 10.1 Å². The molecule has 1 aromatic carbocycles. The van der Waals surface area contributed by atoms with Crippen molar-refractivity contribution in [3.63, 3.8) is 0 Å². The molecule has 2 nitrogen and oxygen atoms in total. The predicted molar refractivity (Wildman–Crippen MR) is 72.1 cm³/mol. The summed E-state index contributed by atoms with van der Waals surface area (Å²) in [5.74, 6) is 0.937. The van der Waals surface area contributed by atoms with E-state index >= 15 is 0 Å². The van der Waals surface area contributed by atoms with E-state index in [1.165, 1.54) is 5.56 Å². The second-order valence-corrected chi connectivity index (χ2v) is 4.88. The van der Waals surface area contributed by atoms with Crippen LogP contribution in [0.2, 0.25) is 0 Å². The number of hydrogen-bond acceptors (Lipinski definition) is 2. The number of nitrogens with one attached hydrogen (secondary N) is 1. The van der Waals surface area contributed by atoms with Crippen LogP contribution in [0.1, 0.15) is 25.8 Å². The zero-order valence-electron chi connectivity index (χ0n) is 10.2. The molecule has 16 heavy (non-hydrogen) atoms. The summed E-state index contributed by atoms with van der Waals surface area (Å²) in [4.78, 5) is 0. The Hall–Kier alpha value is -0.540. The lowest BCUT2D eigenvalue weighted by Gasteiger charge is -2.12. The molecule has 0 aliphatic heterocycles. The number of ether oxygens (including phenoxy) is 1. The van der Waals surface area contributed by atoms with Gasteiger partial charge in [-0.1, -0.05) is 22.9 Å². The Kier molecular flexibility index (Phi) is 5.85. The monoisotopic (exact) mass is 285 g/mol. The van der Waals surface area contributed by atoms with Gasteiger partial charge in [0.25, 0.3) is 0 Å². The molecule has 1 aromatic rings. The van der Waals surface area contributed by atoms with E-state index in [1.807, 2.05) is 18.2 Å². The third kappa shape index (κ3) is 4.54. The zero-order chi connectivity index (χ0) is 12.0. The van der Waals surface area contributed by atoms with E-state index < -0.39 is 0 Å². The minimum absolute atomic E-state index is 0.565. The van der Waals surface area contributed by atoms with Crippen LogP contribution in [0, 0.1) is 6.92 Å². The fourth-order valence-corrected chi connectivity index (χ4v) is 1.57. The van der Waals surface area contributed by atoms with E-state index in [2.05, 4.69) is 42.0 Å². The van der Waals surface area contributed by atoms with Crippen LogP contribution >= 0.6 is 15.9 Å².